The average Bonchev–Trinajstić information content (AvgIpc) is 1.99. The number of hydrogen-bond donors (Lipinski definition) is 2. The Kier molecular flexibility index (Phi) is 19.7. The number of halogens is 1. The number of anilines is 4. The van der Waals surface area contributed by atoms with Crippen LogP contribution in [0, 0.1) is 0 Å². The van der Waals surface area contributed by atoms with Crippen LogP contribution in [0.25, 0.3) is 56.4 Å². The van der Waals surface area contributed by atoms with Crippen molar-refractivity contribution in [3.8, 4) is 34.4 Å². The first-order valence-electron chi connectivity index (χ1n) is 26.7. The number of rotatable bonds is 16. The third kappa shape index (κ3) is 14.8. The van der Waals surface area contributed by atoms with Gasteiger partial charge in [-0.25, -0.2) is 34.5 Å². The van der Waals surface area contributed by atoms with Crippen molar-refractivity contribution >= 4 is 127 Å². The zero-order valence-electron chi connectivity index (χ0n) is 48.7. The lowest BCUT2D eigenvalue weighted by Crippen LogP contribution is -2.41. The van der Waals surface area contributed by atoms with Gasteiger partial charge in [0, 0.05) is 29.1 Å². The van der Waals surface area contributed by atoms with Crippen molar-refractivity contribution in [2.45, 2.75) is 38.9 Å². The predicted octanol–water partition coefficient (Wildman–Crippen LogP) is 13.9. The van der Waals surface area contributed by atoms with Gasteiger partial charge in [0.2, 0.25) is 5.28 Å². The summed E-state index contributed by atoms with van der Waals surface area (Å²) in [6.07, 6.45) is 8.02. The summed E-state index contributed by atoms with van der Waals surface area (Å²) in [5, 5.41) is 6.71. The molecule has 1 aliphatic heterocycles. The Morgan fingerprint density at radius 1 is 0.512 bits per heavy atom. The van der Waals surface area contributed by atoms with E-state index in [0.29, 0.717) is 62.6 Å². The van der Waals surface area contributed by atoms with E-state index in [0.717, 1.165) is 54.3 Å². The van der Waals surface area contributed by atoms with Crippen LogP contribution in [0.5, 0.6) is 23.0 Å². The van der Waals surface area contributed by atoms with Crippen LogP contribution in [0.1, 0.15) is 70.7 Å². The molecule has 1 saturated heterocycles. The van der Waals surface area contributed by atoms with Crippen LogP contribution in [-0.4, -0.2) is 103 Å². The number of ether oxygens (including phenoxy) is 6. The normalized spacial score (nSPS) is 13.1. The summed E-state index contributed by atoms with van der Waals surface area (Å²) in [6, 6.07) is 41.7. The van der Waals surface area contributed by atoms with E-state index in [1.165, 1.54) is 36.9 Å². The maximum absolute atomic E-state index is 11.7. The Morgan fingerprint density at radius 2 is 0.965 bits per heavy atom. The number of benzene rings is 6. The molecule has 0 spiro atoms. The van der Waals surface area contributed by atoms with Gasteiger partial charge < -0.3 is 48.4 Å². The summed E-state index contributed by atoms with van der Waals surface area (Å²) in [7, 11) is 8.75. The van der Waals surface area contributed by atoms with Gasteiger partial charge in [0.15, 0.2) is 45.3 Å². The van der Waals surface area contributed by atoms with Crippen molar-refractivity contribution in [2.75, 3.05) is 53.3 Å². The maximum Gasteiger partial charge on any atom is 0.494 e. The molecule has 4 aromatic heterocycles. The number of methoxy groups -OCH3 is 6. The molecule has 6 aromatic carbocycles. The lowest BCUT2D eigenvalue weighted by molar-refractivity contribution is 0.00578. The summed E-state index contributed by atoms with van der Waals surface area (Å²) in [5.41, 5.74) is 12.6. The molecular formula is C64H60BClN8O10S2. The molecular weight excluding hydrogens is 1150 g/mol. The molecule has 10 aromatic rings. The van der Waals surface area contributed by atoms with Crippen LogP contribution < -0.4 is 35.0 Å². The molecule has 438 valence electrons. The van der Waals surface area contributed by atoms with E-state index in [9.17, 15) is 9.59 Å². The van der Waals surface area contributed by atoms with Crippen molar-refractivity contribution in [1.82, 2.24) is 29.9 Å². The van der Waals surface area contributed by atoms with Crippen LogP contribution in [0.4, 0.5) is 23.0 Å². The highest BCUT2D eigenvalue weighted by Crippen LogP contribution is 2.38. The Labute approximate surface area is 511 Å². The molecule has 0 radical (unpaired) electrons. The molecule has 1 fully saturated rings. The summed E-state index contributed by atoms with van der Waals surface area (Å²) < 4.78 is 43.0. The van der Waals surface area contributed by atoms with Crippen molar-refractivity contribution in [2.24, 2.45) is 0 Å². The van der Waals surface area contributed by atoms with Gasteiger partial charge in [-0.2, -0.15) is 4.98 Å². The van der Waals surface area contributed by atoms with Crippen LogP contribution in [0.3, 0.4) is 0 Å². The van der Waals surface area contributed by atoms with E-state index in [1.54, 1.807) is 63.7 Å². The van der Waals surface area contributed by atoms with E-state index >= 15 is 0 Å². The summed E-state index contributed by atoms with van der Waals surface area (Å²) >= 11 is 8.79. The molecule has 86 heavy (non-hydrogen) atoms. The smallest absolute Gasteiger partial charge is 0.493 e. The number of carbonyl (C=O) groups is 2. The summed E-state index contributed by atoms with van der Waals surface area (Å²) in [4.78, 5) is 51.2. The minimum atomic E-state index is -0.373. The van der Waals surface area contributed by atoms with Gasteiger partial charge >= 0.3 is 19.1 Å². The summed E-state index contributed by atoms with van der Waals surface area (Å²) in [5.74, 6) is 3.59. The monoisotopic (exact) mass is 1210 g/mol. The predicted molar refractivity (Wildman–Crippen MR) is 342 cm³/mol. The first-order chi connectivity index (χ1) is 41.5. The van der Waals surface area contributed by atoms with Gasteiger partial charge in [-0.1, -0.05) is 91.0 Å². The standard InChI is InChI=1S/C29H24N4O4S.C22H25BO4.C13H11ClN4O2S/c1-35-23-14-13-22(16-24(23)36-2)31-27-25-28(38-17-30-25)33-26(32-27)21-6-4-5-19(15-21)8-7-18-9-11-20(12-10-18)29(34)37-3;1-21(2)22(3,4)27-23(26-21)19-8-6-7-17(15-19)10-9-16-11-13-18(14-12-16)20(24)25-5;1-19-8-4-3-7(5-9(8)20-2)16-11-10-12(21-6-15-10)18-13(14)17-11/h4-17H,1-3H3,(H,31,32,33);6-15H,1-5H3;3-6H,1-2H3,(H,16,17,18)/b8-7+;10-9+;. The third-order valence-electron chi connectivity index (χ3n) is 13.8. The zero-order valence-corrected chi connectivity index (χ0v) is 51.1. The number of nitrogens with zero attached hydrogens (tertiary/aromatic N) is 6. The molecule has 0 bridgehead atoms. The number of thiazole rings is 2. The Hall–Kier alpha value is -9.25. The lowest BCUT2D eigenvalue weighted by Gasteiger charge is -2.32. The molecule has 1 aliphatic rings. The number of carbonyl (C=O) groups excluding carboxylic acids is 2. The van der Waals surface area contributed by atoms with Gasteiger partial charge in [-0.15, -0.1) is 22.7 Å². The van der Waals surface area contributed by atoms with Crippen LogP contribution in [-0.2, 0) is 18.8 Å². The highest BCUT2D eigenvalue weighted by Gasteiger charge is 2.51. The number of aromatic nitrogens is 6. The van der Waals surface area contributed by atoms with Gasteiger partial charge in [0.25, 0.3) is 0 Å². The molecule has 18 nitrogen and oxygen atoms in total. The molecule has 0 atom stereocenters. The second-order valence-corrected chi connectivity index (χ2v) is 21.9. The number of esters is 2. The lowest BCUT2D eigenvalue weighted by atomic mass is 9.78. The molecule has 0 amide bonds. The van der Waals surface area contributed by atoms with Crippen molar-refractivity contribution in [3.05, 3.63) is 183 Å². The van der Waals surface area contributed by atoms with Crippen LogP contribution >= 0.6 is 34.3 Å². The first kappa shape index (κ1) is 61.3. The molecule has 0 aliphatic carbocycles. The zero-order chi connectivity index (χ0) is 61.0. The fraction of sp³-hybridized carbons (Fsp3) is 0.188. The molecule has 2 N–H and O–H groups in total. The highest BCUT2D eigenvalue weighted by molar-refractivity contribution is 7.16. The van der Waals surface area contributed by atoms with Crippen molar-refractivity contribution in [3.63, 3.8) is 0 Å². The van der Waals surface area contributed by atoms with Gasteiger partial charge in [-0.05, 0) is 122 Å². The molecule has 0 unspecified atom stereocenters. The SMILES string of the molecule is COC(=O)c1ccc(/C=C/c2cccc(-c3nc(Nc4ccc(OC)c(OC)c4)c4ncsc4n3)c2)cc1.COC(=O)c1ccc(/C=C/c2cccc(B3OC(C)(C)C(C)(C)O3)c2)cc1.COc1ccc(Nc2nc(Cl)nc3scnc23)cc1OC. The van der Waals surface area contributed by atoms with E-state index in [2.05, 4.69) is 64.3 Å². The molecule has 0 saturated carbocycles. The molecule has 5 heterocycles. The Balaban J connectivity index is 0.000000162. The van der Waals surface area contributed by atoms with Gasteiger partial charge in [0.05, 0.1) is 76.0 Å². The Morgan fingerprint density at radius 3 is 1.45 bits per heavy atom. The summed E-state index contributed by atoms with van der Waals surface area (Å²) in [6.45, 7) is 8.20. The minimum Gasteiger partial charge on any atom is -0.493 e. The number of hydrogen-bond acceptors (Lipinski definition) is 20. The first-order valence-corrected chi connectivity index (χ1v) is 28.8. The maximum atomic E-state index is 11.7. The second-order valence-electron chi connectivity index (χ2n) is 19.9. The largest absolute Gasteiger partial charge is 0.494 e. The van der Waals surface area contributed by atoms with Gasteiger partial charge in [-0.3, -0.25) is 0 Å². The highest BCUT2D eigenvalue weighted by atomic mass is 35.5. The Bertz CT molecular complexity index is 4070. The second kappa shape index (κ2) is 27.6. The fourth-order valence-corrected chi connectivity index (χ4v) is 10.1. The molecule has 22 heteroatoms. The van der Waals surface area contributed by atoms with Gasteiger partial charge in [0.1, 0.15) is 15.9 Å². The number of fused-ring (bicyclic) bond motifs is 2. The van der Waals surface area contributed by atoms with E-state index in [4.69, 9.17) is 59.3 Å². The van der Waals surface area contributed by atoms with Crippen LogP contribution in [0.2, 0.25) is 5.28 Å². The average molecular weight is 1210 g/mol. The minimum absolute atomic E-state index is 0.176. The van der Waals surface area contributed by atoms with E-state index in [-0.39, 0.29) is 35.5 Å². The quantitative estimate of drug-likeness (QED) is 0.0399. The number of nitrogens with one attached hydrogen (secondary N) is 2. The van der Waals surface area contributed by atoms with Crippen molar-refractivity contribution in [1.29, 1.82) is 0 Å². The van der Waals surface area contributed by atoms with Crippen LogP contribution in [0.15, 0.2) is 144 Å². The fourth-order valence-electron chi connectivity index (χ4n) is 8.55. The third-order valence-corrected chi connectivity index (χ3v) is 15.4. The topological polar surface area (TPSA) is 209 Å². The van der Waals surface area contributed by atoms with E-state index in [1.807, 2.05) is 127 Å². The van der Waals surface area contributed by atoms with E-state index < -0.39 is 0 Å². The van der Waals surface area contributed by atoms with Crippen molar-refractivity contribution < 1.29 is 47.3 Å². The molecule has 11 rings (SSSR count).